The average Bonchev–Trinajstić information content (AvgIpc) is 3.63. The van der Waals surface area contributed by atoms with Gasteiger partial charge < -0.3 is 24.4 Å². The molecule has 2 heterocycles. The van der Waals surface area contributed by atoms with Gasteiger partial charge in [0.1, 0.15) is 17.1 Å². The molecular formula is C30H35N7O8. The lowest BCUT2D eigenvalue weighted by atomic mass is 9.98. The Morgan fingerprint density at radius 1 is 1.02 bits per heavy atom. The molecule has 45 heavy (non-hydrogen) atoms. The molecule has 0 saturated heterocycles. The van der Waals surface area contributed by atoms with E-state index >= 15 is 0 Å². The summed E-state index contributed by atoms with van der Waals surface area (Å²) >= 11 is 0. The third kappa shape index (κ3) is 8.26. The molecule has 4 aromatic rings. The number of tetrazole rings is 1. The van der Waals surface area contributed by atoms with Gasteiger partial charge in [-0.3, -0.25) is 0 Å². The summed E-state index contributed by atoms with van der Waals surface area (Å²) in [5.41, 5.74) is 1.79. The van der Waals surface area contributed by atoms with Gasteiger partial charge in [-0.25, -0.2) is 14.6 Å². The van der Waals surface area contributed by atoms with Crippen LogP contribution in [-0.2, 0) is 28.1 Å². The number of aryl methyl sites for hydroxylation is 1. The summed E-state index contributed by atoms with van der Waals surface area (Å²) < 4.78 is 6.82. The first-order valence-electron chi connectivity index (χ1n) is 14.5. The third-order valence-corrected chi connectivity index (χ3v) is 6.86. The second-order valence-electron chi connectivity index (χ2n) is 10.8. The lowest BCUT2D eigenvalue weighted by molar-refractivity contribution is -0.757. The smallest absolute Gasteiger partial charge is 0.453 e. The number of ether oxygens (including phenoxy) is 1. The van der Waals surface area contributed by atoms with Gasteiger partial charge in [-0.15, -0.1) is 20.3 Å². The monoisotopic (exact) mass is 621 g/mol. The second kappa shape index (κ2) is 14.5. The molecule has 2 aromatic heterocycles. The highest BCUT2D eigenvalue weighted by Gasteiger charge is 2.31. The van der Waals surface area contributed by atoms with E-state index in [1.807, 2.05) is 55.5 Å². The van der Waals surface area contributed by atoms with E-state index in [0.29, 0.717) is 37.1 Å². The number of aliphatic hydroxyl groups is 1. The van der Waals surface area contributed by atoms with Crippen molar-refractivity contribution >= 4 is 12.1 Å². The number of carbonyl (C=O) groups excluding carboxylic acids is 1. The van der Waals surface area contributed by atoms with Gasteiger partial charge in [0, 0.05) is 18.5 Å². The molecule has 0 radical (unpaired) electrons. The van der Waals surface area contributed by atoms with Crippen molar-refractivity contribution in [1.29, 1.82) is 0 Å². The lowest BCUT2D eigenvalue weighted by Crippen LogP contribution is -2.22. The maximum atomic E-state index is 12.4. The number of imidazole rings is 1. The predicted octanol–water partition coefficient (Wildman–Crippen LogP) is 4.49. The van der Waals surface area contributed by atoms with E-state index in [-0.39, 0.29) is 37.0 Å². The molecule has 0 aliphatic rings. The van der Waals surface area contributed by atoms with Crippen LogP contribution in [0.2, 0.25) is 0 Å². The van der Waals surface area contributed by atoms with Crippen molar-refractivity contribution < 1.29 is 34.5 Å². The zero-order valence-electron chi connectivity index (χ0n) is 25.3. The van der Waals surface area contributed by atoms with Crippen LogP contribution in [0.3, 0.4) is 0 Å². The average molecular weight is 622 g/mol. The largest absolute Gasteiger partial charge is 0.477 e. The summed E-state index contributed by atoms with van der Waals surface area (Å²) in [4.78, 5) is 44.3. The molecule has 0 spiro atoms. The first kappa shape index (κ1) is 32.7. The molecule has 15 nitrogen and oxygen atoms in total. The van der Waals surface area contributed by atoms with Gasteiger partial charge in [-0.1, -0.05) is 60.3 Å². The van der Waals surface area contributed by atoms with Crippen LogP contribution < -0.4 is 0 Å². The number of aromatic carboxylic acids is 1. The molecule has 15 heteroatoms. The molecule has 0 aliphatic heterocycles. The van der Waals surface area contributed by atoms with Crippen LogP contribution >= 0.6 is 0 Å². The Balaban J connectivity index is 1.48. The number of rotatable bonds is 15. The van der Waals surface area contributed by atoms with Gasteiger partial charge in [-0.05, 0) is 61.4 Å². The van der Waals surface area contributed by atoms with Crippen LogP contribution in [0, 0.1) is 10.1 Å². The lowest BCUT2D eigenvalue weighted by Gasteiger charge is -2.16. The van der Waals surface area contributed by atoms with Gasteiger partial charge in [0.15, 0.2) is 5.69 Å². The first-order chi connectivity index (χ1) is 21.5. The van der Waals surface area contributed by atoms with Crippen LogP contribution in [0.15, 0.2) is 48.5 Å². The zero-order chi connectivity index (χ0) is 32.6. The summed E-state index contributed by atoms with van der Waals surface area (Å²) in [5, 5.41) is 42.0. The summed E-state index contributed by atoms with van der Waals surface area (Å²) in [5.74, 6) is -0.342. The zero-order valence-corrected chi connectivity index (χ0v) is 25.3. The summed E-state index contributed by atoms with van der Waals surface area (Å²) in [6, 6.07) is 15.0. The maximum absolute atomic E-state index is 12.4. The number of benzene rings is 2. The molecule has 4 rings (SSSR count). The van der Waals surface area contributed by atoms with Crippen molar-refractivity contribution in [1.82, 2.24) is 29.8 Å². The van der Waals surface area contributed by atoms with Gasteiger partial charge in [0.05, 0.1) is 13.2 Å². The van der Waals surface area contributed by atoms with Crippen LogP contribution in [0.4, 0.5) is 4.79 Å². The van der Waals surface area contributed by atoms with E-state index < -0.39 is 22.8 Å². The van der Waals surface area contributed by atoms with Gasteiger partial charge >= 0.3 is 12.1 Å². The van der Waals surface area contributed by atoms with Crippen molar-refractivity contribution in [3.63, 3.8) is 0 Å². The van der Waals surface area contributed by atoms with E-state index in [1.54, 1.807) is 4.57 Å². The summed E-state index contributed by atoms with van der Waals surface area (Å²) in [6.45, 7) is 5.35. The number of aromatic nitrogens is 6. The summed E-state index contributed by atoms with van der Waals surface area (Å²) in [6.07, 6.45) is 2.05. The molecular weight excluding hydrogens is 586 g/mol. The van der Waals surface area contributed by atoms with Gasteiger partial charge in [-0.2, -0.15) is 0 Å². The highest BCUT2D eigenvalue weighted by atomic mass is 16.9. The number of carbonyl (C=O) groups is 2. The Bertz CT molecular complexity index is 1640. The van der Waals surface area contributed by atoms with Crippen LogP contribution in [0.25, 0.3) is 22.5 Å². The molecule has 2 N–H and O–H groups in total. The molecule has 0 atom stereocenters. The fourth-order valence-electron chi connectivity index (χ4n) is 4.77. The molecule has 0 aliphatic carbocycles. The number of hydrogen-bond acceptors (Lipinski definition) is 11. The molecule has 0 fully saturated rings. The van der Waals surface area contributed by atoms with Gasteiger partial charge in [0.2, 0.25) is 5.82 Å². The van der Waals surface area contributed by atoms with Crippen LogP contribution in [0.1, 0.15) is 74.0 Å². The molecule has 238 valence electrons. The number of carboxylic acid groups (broad SMARTS) is 1. The van der Waals surface area contributed by atoms with Crippen LogP contribution in [-0.4, -0.2) is 70.3 Å². The van der Waals surface area contributed by atoms with Crippen LogP contribution in [0.5, 0.6) is 0 Å². The number of nitrogens with zero attached hydrogens (tertiary/aromatic N) is 7. The molecule has 0 amide bonds. The Labute approximate surface area is 258 Å². The minimum Gasteiger partial charge on any atom is -0.477 e. The highest BCUT2D eigenvalue weighted by Crippen LogP contribution is 2.31. The summed E-state index contributed by atoms with van der Waals surface area (Å²) in [7, 11) is 0. The molecule has 0 unspecified atom stereocenters. The number of hydrogen-bond donors (Lipinski definition) is 2. The maximum Gasteiger partial charge on any atom is 0.453 e. The minimum atomic E-state index is -1.42. The molecule has 0 bridgehead atoms. The third-order valence-electron chi connectivity index (χ3n) is 6.86. The van der Waals surface area contributed by atoms with E-state index in [2.05, 4.69) is 25.2 Å². The Kier molecular flexibility index (Phi) is 10.6. The topological polar surface area (TPSA) is 198 Å². The fraction of sp³-hybridized carbons (Fsp3) is 0.400. The quantitative estimate of drug-likeness (QED) is 0.107. The SMILES string of the molecule is CCCc1nc(C(C)(C)O)c(C(=O)O)n1Cc1ccc(-c2ccccc2-c2nnn(C(=O)OCCCCCO[N+](=O)[O-])n2)cc1. The standard InChI is InChI=1S/C30H35N7O8/c1-4-10-24-31-26(30(2,3)41)25(28(38)39)35(24)19-20-13-15-21(16-14-20)22-11-6-7-12-23(22)27-32-34-36(33-27)29(40)44-17-8-5-9-18-45-37(42)43/h6-7,11-16,41H,4-5,8-10,17-19H2,1-3H3,(H,38,39). The molecule has 2 aromatic carbocycles. The Morgan fingerprint density at radius 2 is 1.71 bits per heavy atom. The van der Waals surface area contributed by atoms with Crippen molar-refractivity contribution in [2.24, 2.45) is 0 Å². The number of carboxylic acids is 1. The van der Waals surface area contributed by atoms with E-state index in [1.165, 1.54) is 13.8 Å². The number of unbranched alkanes of at least 4 members (excludes halogenated alkanes) is 2. The minimum absolute atomic E-state index is 0.0167. The van der Waals surface area contributed by atoms with E-state index in [9.17, 15) is 29.9 Å². The second-order valence-corrected chi connectivity index (χ2v) is 10.8. The van der Waals surface area contributed by atoms with Gasteiger partial charge in [0.25, 0.3) is 5.09 Å². The predicted molar refractivity (Wildman–Crippen MR) is 160 cm³/mol. The fourth-order valence-corrected chi connectivity index (χ4v) is 4.77. The van der Waals surface area contributed by atoms with E-state index in [0.717, 1.165) is 27.9 Å². The van der Waals surface area contributed by atoms with Crippen molar-refractivity contribution in [3.8, 4) is 22.5 Å². The first-order valence-corrected chi connectivity index (χ1v) is 14.5. The van der Waals surface area contributed by atoms with Crippen molar-refractivity contribution in [2.75, 3.05) is 13.2 Å². The van der Waals surface area contributed by atoms with E-state index in [4.69, 9.17) is 4.74 Å². The Hall–Kier alpha value is -5.18. The van der Waals surface area contributed by atoms with Crippen molar-refractivity contribution in [2.45, 2.75) is 65.0 Å². The Morgan fingerprint density at radius 3 is 2.36 bits per heavy atom. The highest BCUT2D eigenvalue weighted by molar-refractivity contribution is 5.87. The normalized spacial score (nSPS) is 11.4. The van der Waals surface area contributed by atoms with Crippen molar-refractivity contribution in [3.05, 3.63) is 81.4 Å². The molecule has 0 saturated carbocycles.